The van der Waals surface area contributed by atoms with E-state index >= 15 is 0 Å². The Balaban J connectivity index is 1.18. The lowest BCUT2D eigenvalue weighted by Gasteiger charge is -2.42. The molecule has 3 aromatic rings. The lowest BCUT2D eigenvalue weighted by Crippen LogP contribution is -2.56. The molecule has 4 aliphatic rings. The summed E-state index contributed by atoms with van der Waals surface area (Å²) in [5.74, 6) is 0.953. The number of aryl methyl sites for hydroxylation is 1. The van der Waals surface area contributed by atoms with Gasteiger partial charge in [-0.15, -0.1) is 0 Å². The predicted octanol–water partition coefficient (Wildman–Crippen LogP) is 4.77. The second kappa shape index (κ2) is 13.8. The second-order valence-electron chi connectivity index (χ2n) is 15.7. The molecule has 12 nitrogen and oxygen atoms in total. The minimum absolute atomic E-state index is 0.170. The molecule has 7 rings (SSSR count). The number of carbonyl (C=O) groups excluding carboxylic acids is 2. The molecule has 0 spiro atoms. The zero-order valence-corrected chi connectivity index (χ0v) is 30.7. The maximum absolute atomic E-state index is 13.7. The highest BCUT2D eigenvalue weighted by Crippen LogP contribution is 2.48. The standard InChI is InChI=1S/C39H50N8O4/c1-27-8-6-9-28-10-7-11-32(33(27)28)45-17-13-30-31(25-45)41-36(50-26-39(14-15-39)35(48)44-20-18-43(5)19-21-44)42-34(30)46-22-23-47(29(24-46)12-16-40)37(49)51-38(2,3)4/h6-11,29H,12-15,17-26H2,1-5H3. The molecule has 3 aliphatic heterocycles. The van der Waals surface area contributed by atoms with Crippen LogP contribution in [-0.4, -0.2) is 114 Å². The number of piperazine rings is 2. The molecular formula is C39H50N8O4. The van der Waals surface area contributed by atoms with Crippen molar-refractivity contribution in [2.24, 2.45) is 5.41 Å². The number of fused-ring (bicyclic) bond motifs is 2. The number of benzene rings is 2. The number of hydrogen-bond acceptors (Lipinski definition) is 10. The van der Waals surface area contributed by atoms with Gasteiger partial charge >= 0.3 is 12.1 Å². The van der Waals surface area contributed by atoms with Crippen molar-refractivity contribution in [2.45, 2.75) is 71.6 Å². The SMILES string of the molecule is Cc1cccc2cccc(N3CCc4c(nc(OCC5(C(=O)N6CCN(C)CC6)CC5)nc4N4CCN(C(=O)OC(C)(C)C)C(CC#N)C4)C3)c12. The van der Waals surface area contributed by atoms with Crippen LogP contribution >= 0.6 is 0 Å². The predicted molar refractivity (Wildman–Crippen MR) is 196 cm³/mol. The number of aromatic nitrogens is 2. The van der Waals surface area contributed by atoms with Crippen LogP contribution in [0.15, 0.2) is 36.4 Å². The zero-order valence-electron chi connectivity index (χ0n) is 30.7. The number of ether oxygens (including phenoxy) is 2. The number of nitrogens with zero attached hydrogens (tertiary/aromatic N) is 8. The molecule has 3 fully saturated rings. The van der Waals surface area contributed by atoms with Gasteiger partial charge < -0.3 is 34.0 Å². The van der Waals surface area contributed by atoms with Gasteiger partial charge in [0, 0.05) is 69.0 Å². The summed E-state index contributed by atoms with van der Waals surface area (Å²) in [6, 6.07) is 15.0. The number of anilines is 2. The number of likely N-dealkylation sites (N-methyl/N-ethyl adjacent to an activating group) is 1. The third-order valence-corrected chi connectivity index (χ3v) is 10.8. The van der Waals surface area contributed by atoms with E-state index in [0.29, 0.717) is 26.2 Å². The first kappa shape index (κ1) is 34.8. The van der Waals surface area contributed by atoms with Gasteiger partial charge in [-0.3, -0.25) is 4.79 Å². The summed E-state index contributed by atoms with van der Waals surface area (Å²) in [5.41, 5.74) is 3.20. The van der Waals surface area contributed by atoms with Gasteiger partial charge in [0.25, 0.3) is 0 Å². The molecule has 0 bridgehead atoms. The van der Waals surface area contributed by atoms with Crippen LogP contribution in [0.4, 0.5) is 16.3 Å². The van der Waals surface area contributed by atoms with E-state index in [1.165, 1.54) is 22.0 Å². The molecule has 0 N–H and O–H groups in total. The second-order valence-corrected chi connectivity index (χ2v) is 15.7. The van der Waals surface area contributed by atoms with Gasteiger partial charge in [-0.2, -0.15) is 15.2 Å². The van der Waals surface area contributed by atoms with Crippen molar-refractivity contribution in [3.05, 3.63) is 53.2 Å². The van der Waals surface area contributed by atoms with Crippen molar-refractivity contribution < 1.29 is 19.1 Å². The normalized spacial score (nSPS) is 20.5. The Morgan fingerprint density at radius 1 is 0.980 bits per heavy atom. The van der Waals surface area contributed by atoms with Crippen LogP contribution in [0.2, 0.25) is 0 Å². The number of hydrogen-bond donors (Lipinski definition) is 0. The Bertz CT molecular complexity index is 1830. The van der Waals surface area contributed by atoms with Gasteiger partial charge in [0.2, 0.25) is 5.91 Å². The highest BCUT2D eigenvalue weighted by molar-refractivity contribution is 5.97. The van der Waals surface area contributed by atoms with Gasteiger partial charge in [-0.1, -0.05) is 30.3 Å². The Morgan fingerprint density at radius 3 is 2.43 bits per heavy atom. The largest absolute Gasteiger partial charge is 0.462 e. The topological polar surface area (TPSA) is 118 Å². The quantitative estimate of drug-likeness (QED) is 0.342. The average molecular weight is 695 g/mol. The molecule has 1 atom stereocenters. The third-order valence-electron chi connectivity index (χ3n) is 10.8. The molecule has 2 saturated heterocycles. The first-order chi connectivity index (χ1) is 24.4. The van der Waals surface area contributed by atoms with Gasteiger partial charge in [-0.05, 0) is 71.0 Å². The van der Waals surface area contributed by atoms with Crippen molar-refractivity contribution in [1.29, 1.82) is 5.26 Å². The molecule has 12 heteroatoms. The van der Waals surface area contributed by atoms with Crippen LogP contribution in [0, 0.1) is 23.7 Å². The van der Waals surface area contributed by atoms with Crippen molar-refractivity contribution in [2.75, 3.05) is 75.8 Å². The fourth-order valence-corrected chi connectivity index (χ4v) is 7.70. The van der Waals surface area contributed by atoms with Crippen LogP contribution < -0.4 is 14.5 Å². The lowest BCUT2D eigenvalue weighted by atomic mass is 9.99. The molecule has 270 valence electrons. The number of rotatable bonds is 7. The third kappa shape index (κ3) is 7.27. The summed E-state index contributed by atoms with van der Waals surface area (Å²) in [6.07, 6.45) is 2.10. The van der Waals surface area contributed by atoms with E-state index in [4.69, 9.17) is 19.4 Å². The van der Waals surface area contributed by atoms with E-state index in [-0.39, 0.29) is 31.0 Å². The highest BCUT2D eigenvalue weighted by atomic mass is 16.6. The van der Waals surface area contributed by atoms with Crippen molar-refractivity contribution in [1.82, 2.24) is 24.7 Å². The van der Waals surface area contributed by atoms with Gasteiger partial charge in [0.15, 0.2) is 0 Å². The molecular weight excluding hydrogens is 644 g/mol. The maximum atomic E-state index is 13.7. The molecule has 2 amide bonds. The van der Waals surface area contributed by atoms with E-state index in [1.54, 1.807) is 4.90 Å². The summed E-state index contributed by atoms with van der Waals surface area (Å²) < 4.78 is 12.1. The van der Waals surface area contributed by atoms with E-state index in [1.807, 2.05) is 25.7 Å². The summed E-state index contributed by atoms with van der Waals surface area (Å²) in [5, 5.41) is 12.2. The van der Waals surface area contributed by atoms with Crippen molar-refractivity contribution in [3.8, 4) is 12.1 Å². The van der Waals surface area contributed by atoms with Gasteiger partial charge in [0.05, 0.1) is 36.2 Å². The minimum Gasteiger partial charge on any atom is -0.462 e. The van der Waals surface area contributed by atoms with Crippen LogP contribution in [0.5, 0.6) is 6.01 Å². The van der Waals surface area contributed by atoms with Gasteiger partial charge in [-0.25, -0.2) is 4.79 Å². The molecule has 1 aliphatic carbocycles. The Kier molecular flexibility index (Phi) is 9.44. The maximum Gasteiger partial charge on any atom is 0.410 e. The Labute approximate surface area is 300 Å². The van der Waals surface area contributed by atoms with Crippen molar-refractivity contribution >= 4 is 34.3 Å². The first-order valence-electron chi connectivity index (χ1n) is 18.3. The molecule has 0 radical (unpaired) electrons. The average Bonchev–Trinajstić information content (AvgIpc) is 3.90. The highest BCUT2D eigenvalue weighted by Gasteiger charge is 2.53. The smallest absolute Gasteiger partial charge is 0.410 e. The van der Waals surface area contributed by atoms with E-state index in [0.717, 1.165) is 69.1 Å². The fourth-order valence-electron chi connectivity index (χ4n) is 7.70. The van der Waals surface area contributed by atoms with Crippen LogP contribution in [0.25, 0.3) is 10.8 Å². The zero-order chi connectivity index (χ0) is 35.9. The first-order valence-corrected chi connectivity index (χ1v) is 18.3. The fraction of sp³-hybridized carbons (Fsp3) is 0.564. The molecule has 1 unspecified atom stereocenters. The summed E-state index contributed by atoms with van der Waals surface area (Å²) in [7, 11) is 2.09. The van der Waals surface area contributed by atoms with Crippen LogP contribution in [0.3, 0.4) is 0 Å². The molecule has 4 heterocycles. The lowest BCUT2D eigenvalue weighted by molar-refractivity contribution is -0.139. The Morgan fingerprint density at radius 2 is 1.73 bits per heavy atom. The van der Waals surface area contributed by atoms with E-state index in [9.17, 15) is 14.9 Å². The van der Waals surface area contributed by atoms with E-state index in [2.05, 4.69) is 71.1 Å². The molecule has 51 heavy (non-hydrogen) atoms. The molecule has 1 saturated carbocycles. The van der Waals surface area contributed by atoms with Crippen molar-refractivity contribution in [3.63, 3.8) is 0 Å². The monoisotopic (exact) mass is 694 g/mol. The van der Waals surface area contributed by atoms with Crippen LogP contribution in [0.1, 0.15) is 56.9 Å². The Hall–Kier alpha value is -4.63. The number of nitriles is 1. The van der Waals surface area contributed by atoms with E-state index < -0.39 is 17.1 Å². The molecule has 1 aromatic heterocycles. The summed E-state index contributed by atoms with van der Waals surface area (Å²) >= 11 is 0. The van der Waals surface area contributed by atoms with Gasteiger partial charge in [0.1, 0.15) is 18.0 Å². The van der Waals surface area contributed by atoms with Crippen LogP contribution in [-0.2, 0) is 22.5 Å². The summed E-state index contributed by atoms with van der Waals surface area (Å²) in [6.45, 7) is 13.9. The molecule has 2 aromatic carbocycles. The summed E-state index contributed by atoms with van der Waals surface area (Å²) in [4.78, 5) is 47.4. The minimum atomic E-state index is -0.636. The number of amides is 2. The number of carbonyl (C=O) groups is 2.